The van der Waals surface area contributed by atoms with Gasteiger partial charge in [0.1, 0.15) is 5.75 Å². The third-order valence-electron chi connectivity index (χ3n) is 5.55. The van der Waals surface area contributed by atoms with E-state index in [2.05, 4.69) is 10.1 Å². The van der Waals surface area contributed by atoms with E-state index in [1.54, 1.807) is 31.4 Å². The molecular formula is C21H27N3O5. The lowest BCUT2D eigenvalue weighted by atomic mass is 10.1. The van der Waals surface area contributed by atoms with Crippen molar-refractivity contribution in [1.82, 2.24) is 10.1 Å². The smallest absolute Gasteiger partial charge is 0.343 e. The Hall–Kier alpha value is -2.58. The predicted molar refractivity (Wildman–Crippen MR) is 108 cm³/mol. The summed E-state index contributed by atoms with van der Waals surface area (Å²) in [6.07, 6.45) is 3.31. The fraction of sp³-hybridized carbons (Fsp3) is 0.524. The summed E-state index contributed by atoms with van der Waals surface area (Å²) < 4.78 is 16.7. The highest BCUT2D eigenvalue weighted by molar-refractivity contribution is 5.99. The molecule has 1 atom stereocenters. The Kier molecular flexibility index (Phi) is 6.01. The summed E-state index contributed by atoms with van der Waals surface area (Å²) in [6.45, 7) is 5.02. The van der Waals surface area contributed by atoms with E-state index < -0.39 is 5.97 Å². The molecule has 8 nitrogen and oxygen atoms in total. The van der Waals surface area contributed by atoms with Crippen LogP contribution in [0, 0.1) is 0 Å². The van der Waals surface area contributed by atoms with Crippen LogP contribution in [0.5, 0.6) is 5.75 Å². The molecule has 3 heterocycles. The summed E-state index contributed by atoms with van der Waals surface area (Å²) in [4.78, 5) is 16.5. The first-order valence-corrected chi connectivity index (χ1v) is 10.1. The van der Waals surface area contributed by atoms with E-state index in [0.29, 0.717) is 36.8 Å². The maximum absolute atomic E-state index is 12.1. The van der Waals surface area contributed by atoms with Crippen LogP contribution in [-0.4, -0.2) is 73.7 Å². The Balaban J connectivity index is 1.59. The maximum Gasteiger partial charge on any atom is 0.343 e. The number of carboxylic acid groups (broad SMARTS) is 1. The third-order valence-corrected chi connectivity index (χ3v) is 5.55. The molecule has 29 heavy (non-hydrogen) atoms. The summed E-state index contributed by atoms with van der Waals surface area (Å²) in [6, 6.07) is 7.10. The van der Waals surface area contributed by atoms with E-state index in [1.165, 1.54) is 12.8 Å². The Bertz CT molecular complexity index is 829. The van der Waals surface area contributed by atoms with Crippen LogP contribution >= 0.6 is 0 Å². The van der Waals surface area contributed by atoms with Gasteiger partial charge in [0.15, 0.2) is 17.1 Å². The van der Waals surface area contributed by atoms with Gasteiger partial charge in [-0.2, -0.15) is 0 Å². The minimum atomic E-state index is -1.05. The Morgan fingerprint density at radius 2 is 1.97 bits per heavy atom. The van der Waals surface area contributed by atoms with Crippen molar-refractivity contribution in [3.8, 4) is 17.1 Å². The van der Waals surface area contributed by atoms with Crippen molar-refractivity contribution in [1.29, 1.82) is 0 Å². The van der Waals surface area contributed by atoms with Crippen LogP contribution in [0.15, 0.2) is 28.8 Å². The van der Waals surface area contributed by atoms with Gasteiger partial charge < -0.3 is 28.9 Å². The number of hydrogen-bond acceptors (Lipinski definition) is 7. The van der Waals surface area contributed by atoms with Gasteiger partial charge in [0.05, 0.1) is 13.2 Å². The lowest BCUT2D eigenvalue weighted by molar-refractivity contribution is 0.0450. The van der Waals surface area contributed by atoms with E-state index >= 15 is 0 Å². The lowest BCUT2D eigenvalue weighted by Crippen LogP contribution is -2.40. The molecule has 1 aromatic heterocycles. The second-order valence-electron chi connectivity index (χ2n) is 7.54. The molecule has 1 unspecified atom stereocenters. The number of anilines is 1. The Labute approximate surface area is 170 Å². The first-order valence-electron chi connectivity index (χ1n) is 10.1. The summed E-state index contributed by atoms with van der Waals surface area (Å²) in [5, 5.41) is 14.1. The monoisotopic (exact) mass is 401 g/mol. The molecule has 0 spiro atoms. The number of hydrogen-bond donors (Lipinski definition) is 1. The molecular weight excluding hydrogens is 374 g/mol. The SMILES string of the molecule is COc1ccc(-c2onc(N3CCCOC(CN4CCCC4)C3)c2C(=O)O)cc1. The zero-order valence-electron chi connectivity index (χ0n) is 16.7. The van der Waals surface area contributed by atoms with Crippen LogP contribution in [0.4, 0.5) is 5.82 Å². The Morgan fingerprint density at radius 3 is 2.66 bits per heavy atom. The number of carbonyl (C=O) groups is 1. The number of rotatable bonds is 6. The zero-order chi connectivity index (χ0) is 20.2. The van der Waals surface area contributed by atoms with Gasteiger partial charge in [0, 0.05) is 31.8 Å². The van der Waals surface area contributed by atoms with Gasteiger partial charge in [-0.15, -0.1) is 0 Å². The Morgan fingerprint density at radius 1 is 1.21 bits per heavy atom. The molecule has 1 aromatic carbocycles. The molecule has 0 radical (unpaired) electrons. The van der Waals surface area contributed by atoms with Crippen molar-refractivity contribution in [3.63, 3.8) is 0 Å². The molecule has 0 amide bonds. The first-order chi connectivity index (χ1) is 14.2. The van der Waals surface area contributed by atoms with Gasteiger partial charge in [-0.05, 0) is 56.6 Å². The van der Waals surface area contributed by atoms with Crippen LogP contribution < -0.4 is 9.64 Å². The predicted octanol–water partition coefficient (Wildman–Crippen LogP) is 2.74. The fourth-order valence-corrected chi connectivity index (χ4v) is 4.08. The number of ether oxygens (including phenoxy) is 2. The molecule has 4 rings (SSSR count). The average molecular weight is 401 g/mol. The van der Waals surface area contributed by atoms with Crippen molar-refractivity contribution >= 4 is 11.8 Å². The molecule has 2 aromatic rings. The summed E-state index contributed by atoms with van der Waals surface area (Å²) in [7, 11) is 1.59. The van der Waals surface area contributed by atoms with Crippen molar-refractivity contribution in [2.24, 2.45) is 0 Å². The van der Waals surface area contributed by atoms with Crippen molar-refractivity contribution in [3.05, 3.63) is 29.8 Å². The second kappa shape index (κ2) is 8.84. The molecule has 2 aliphatic rings. The van der Waals surface area contributed by atoms with Gasteiger partial charge >= 0.3 is 5.97 Å². The van der Waals surface area contributed by atoms with Crippen LogP contribution in [0.2, 0.25) is 0 Å². The first kappa shape index (κ1) is 19.7. The zero-order valence-corrected chi connectivity index (χ0v) is 16.7. The number of nitrogens with zero attached hydrogens (tertiary/aromatic N) is 3. The van der Waals surface area contributed by atoms with Crippen LogP contribution in [0.3, 0.4) is 0 Å². The molecule has 8 heteroatoms. The number of aromatic nitrogens is 1. The number of aromatic carboxylic acids is 1. The fourth-order valence-electron chi connectivity index (χ4n) is 4.08. The number of carboxylic acids is 1. The van der Waals surface area contributed by atoms with Crippen LogP contribution in [0.25, 0.3) is 11.3 Å². The summed E-state index contributed by atoms with van der Waals surface area (Å²) in [5.74, 6) is 0.282. The van der Waals surface area contributed by atoms with Crippen LogP contribution in [0.1, 0.15) is 29.6 Å². The van der Waals surface area contributed by atoms with E-state index in [4.69, 9.17) is 14.0 Å². The van der Waals surface area contributed by atoms with Gasteiger partial charge in [-0.3, -0.25) is 0 Å². The number of benzene rings is 1. The largest absolute Gasteiger partial charge is 0.497 e. The maximum atomic E-state index is 12.1. The molecule has 2 aliphatic heterocycles. The molecule has 156 valence electrons. The minimum absolute atomic E-state index is 0.0263. The standard InChI is InChI=1S/C21H27N3O5/c1-27-16-7-5-15(6-8-16)19-18(21(25)26)20(22-29-19)24-11-4-12-28-17(14-24)13-23-9-2-3-10-23/h5-8,17H,2-4,9-14H2,1H3,(H,25,26). The van der Waals surface area contributed by atoms with E-state index in [9.17, 15) is 9.90 Å². The topological polar surface area (TPSA) is 88.3 Å². The van der Waals surface area contributed by atoms with E-state index in [1.807, 2.05) is 4.90 Å². The van der Waals surface area contributed by atoms with E-state index in [-0.39, 0.29) is 17.4 Å². The second-order valence-corrected chi connectivity index (χ2v) is 7.54. The highest BCUT2D eigenvalue weighted by Crippen LogP contribution is 2.33. The van der Waals surface area contributed by atoms with Crippen LogP contribution in [-0.2, 0) is 4.74 Å². The normalized spacial score (nSPS) is 20.6. The summed E-state index contributed by atoms with van der Waals surface area (Å²) >= 11 is 0. The highest BCUT2D eigenvalue weighted by Gasteiger charge is 2.31. The van der Waals surface area contributed by atoms with Gasteiger partial charge in [0.2, 0.25) is 0 Å². The lowest BCUT2D eigenvalue weighted by Gasteiger charge is -2.27. The molecule has 1 N–H and O–H groups in total. The van der Waals surface area contributed by atoms with Crippen molar-refractivity contribution < 1.29 is 23.9 Å². The molecule has 2 saturated heterocycles. The molecule has 2 fully saturated rings. The van der Waals surface area contributed by atoms with E-state index in [0.717, 1.165) is 26.1 Å². The third kappa shape index (κ3) is 4.38. The molecule has 0 aliphatic carbocycles. The number of likely N-dealkylation sites (tertiary alicyclic amines) is 1. The number of methoxy groups -OCH3 is 1. The molecule has 0 saturated carbocycles. The minimum Gasteiger partial charge on any atom is -0.497 e. The molecule has 0 bridgehead atoms. The quantitative estimate of drug-likeness (QED) is 0.791. The van der Waals surface area contributed by atoms with Gasteiger partial charge in [-0.25, -0.2) is 4.79 Å². The van der Waals surface area contributed by atoms with Gasteiger partial charge in [-0.1, -0.05) is 5.16 Å². The van der Waals surface area contributed by atoms with Crippen molar-refractivity contribution in [2.75, 3.05) is 51.3 Å². The highest BCUT2D eigenvalue weighted by atomic mass is 16.5. The summed E-state index contributed by atoms with van der Waals surface area (Å²) in [5.41, 5.74) is 0.749. The van der Waals surface area contributed by atoms with Crippen molar-refractivity contribution in [2.45, 2.75) is 25.4 Å². The van der Waals surface area contributed by atoms with Gasteiger partial charge in [0.25, 0.3) is 0 Å². The average Bonchev–Trinajstić information content (AvgIpc) is 3.34.